The molecule has 34 heavy (non-hydrogen) atoms. The van der Waals surface area contributed by atoms with Gasteiger partial charge in [0.05, 0.1) is 35.0 Å². The number of likely N-dealkylation sites (tertiary alicyclic amines) is 1. The van der Waals surface area contributed by atoms with Crippen molar-refractivity contribution >= 4 is 34.2 Å². The van der Waals surface area contributed by atoms with Gasteiger partial charge in [-0.25, -0.2) is 9.37 Å². The minimum absolute atomic E-state index is 0.0220. The van der Waals surface area contributed by atoms with Crippen molar-refractivity contribution < 1.29 is 13.9 Å². The van der Waals surface area contributed by atoms with E-state index in [9.17, 15) is 9.18 Å². The molecule has 0 unspecified atom stereocenters. The number of nitrogens with one attached hydrogen (secondary N) is 1. The van der Waals surface area contributed by atoms with E-state index in [0.29, 0.717) is 48.2 Å². The molecule has 0 aliphatic carbocycles. The Balaban J connectivity index is 1.38. The SMILES string of the molecule is Nc1nc2cc(Cl)c(C(=O)N3C[C@@H](c4ccc(F)cc4)[C@H](c4cc[nH]n4)C3)cc2c2c1COC2. The quantitative estimate of drug-likeness (QED) is 0.456. The van der Waals surface area contributed by atoms with Crippen LogP contribution >= 0.6 is 11.6 Å². The summed E-state index contributed by atoms with van der Waals surface area (Å²) in [6, 6.07) is 11.8. The average Bonchev–Trinajstić information content (AvgIpc) is 3.59. The molecule has 4 heterocycles. The monoisotopic (exact) mass is 477 g/mol. The number of rotatable bonds is 3. The summed E-state index contributed by atoms with van der Waals surface area (Å²) in [6.45, 7) is 1.77. The Morgan fingerprint density at radius 3 is 2.65 bits per heavy atom. The number of nitrogens with zero attached hydrogens (tertiary/aromatic N) is 3. The Morgan fingerprint density at radius 1 is 1.12 bits per heavy atom. The van der Waals surface area contributed by atoms with Gasteiger partial charge in [0, 0.05) is 42.1 Å². The van der Waals surface area contributed by atoms with Gasteiger partial charge in [-0.3, -0.25) is 9.89 Å². The minimum atomic E-state index is -0.292. The van der Waals surface area contributed by atoms with E-state index in [1.165, 1.54) is 12.1 Å². The van der Waals surface area contributed by atoms with Crippen LogP contribution in [-0.2, 0) is 18.0 Å². The Labute approximate surface area is 199 Å². The maximum absolute atomic E-state index is 13.7. The van der Waals surface area contributed by atoms with Gasteiger partial charge >= 0.3 is 0 Å². The van der Waals surface area contributed by atoms with Crippen molar-refractivity contribution in [2.75, 3.05) is 18.8 Å². The molecule has 4 aromatic rings. The summed E-state index contributed by atoms with van der Waals surface area (Å²) in [6.07, 6.45) is 1.77. The number of hydrogen-bond acceptors (Lipinski definition) is 5. The summed E-state index contributed by atoms with van der Waals surface area (Å²) in [7, 11) is 0. The Kier molecular flexibility index (Phi) is 5.00. The van der Waals surface area contributed by atoms with E-state index in [0.717, 1.165) is 27.8 Å². The molecule has 0 bridgehead atoms. The highest BCUT2D eigenvalue weighted by Gasteiger charge is 2.39. The molecule has 2 aliphatic heterocycles. The van der Waals surface area contributed by atoms with Crippen molar-refractivity contribution in [1.29, 1.82) is 0 Å². The molecule has 2 atom stereocenters. The smallest absolute Gasteiger partial charge is 0.255 e. The van der Waals surface area contributed by atoms with E-state index in [1.54, 1.807) is 35.4 Å². The predicted octanol–water partition coefficient (Wildman–Crippen LogP) is 4.39. The maximum atomic E-state index is 13.7. The first kappa shape index (κ1) is 21.1. The van der Waals surface area contributed by atoms with Crippen molar-refractivity contribution in [3.8, 4) is 0 Å². The molecule has 0 radical (unpaired) electrons. The molecule has 6 rings (SSSR count). The Morgan fingerprint density at radius 2 is 1.88 bits per heavy atom. The first-order valence-corrected chi connectivity index (χ1v) is 11.4. The van der Waals surface area contributed by atoms with Crippen molar-refractivity contribution in [3.05, 3.63) is 87.4 Å². The van der Waals surface area contributed by atoms with E-state index in [4.69, 9.17) is 22.1 Å². The highest BCUT2D eigenvalue weighted by molar-refractivity contribution is 6.34. The van der Waals surface area contributed by atoms with Gasteiger partial charge in [0.1, 0.15) is 11.6 Å². The molecular weight excluding hydrogens is 457 g/mol. The number of halogens is 2. The third kappa shape index (κ3) is 3.41. The van der Waals surface area contributed by atoms with E-state index in [1.807, 2.05) is 6.07 Å². The first-order chi connectivity index (χ1) is 16.5. The lowest BCUT2D eigenvalue weighted by Gasteiger charge is -2.18. The number of carbonyl (C=O) groups excluding carboxylic acids is 1. The van der Waals surface area contributed by atoms with E-state index >= 15 is 0 Å². The zero-order valence-corrected chi connectivity index (χ0v) is 18.8. The lowest BCUT2D eigenvalue weighted by molar-refractivity contribution is 0.0789. The highest BCUT2D eigenvalue weighted by Crippen LogP contribution is 2.40. The number of benzene rings is 2. The van der Waals surface area contributed by atoms with Crippen LogP contribution in [0.25, 0.3) is 10.9 Å². The lowest BCUT2D eigenvalue weighted by Crippen LogP contribution is -2.29. The highest BCUT2D eigenvalue weighted by atomic mass is 35.5. The summed E-state index contributed by atoms with van der Waals surface area (Å²) in [5.74, 6) is -0.0786. The number of nitrogen functional groups attached to an aromatic ring is 1. The van der Waals surface area contributed by atoms with E-state index < -0.39 is 0 Å². The van der Waals surface area contributed by atoms with Crippen LogP contribution in [0.15, 0.2) is 48.7 Å². The number of carbonyl (C=O) groups is 1. The number of fused-ring (bicyclic) bond motifs is 3. The molecule has 2 aromatic heterocycles. The van der Waals surface area contributed by atoms with Crippen LogP contribution in [0.1, 0.15) is 44.6 Å². The number of anilines is 1. The zero-order valence-electron chi connectivity index (χ0n) is 18.1. The van der Waals surface area contributed by atoms with Crippen molar-refractivity contribution in [2.24, 2.45) is 0 Å². The Bertz CT molecular complexity index is 1410. The maximum Gasteiger partial charge on any atom is 0.255 e. The normalized spacial score (nSPS) is 19.6. The molecular formula is C25H21ClFN5O2. The van der Waals surface area contributed by atoms with Gasteiger partial charge in [-0.05, 0) is 41.5 Å². The van der Waals surface area contributed by atoms with Gasteiger partial charge in [0.25, 0.3) is 5.91 Å². The molecule has 1 saturated heterocycles. The number of H-pyrrole nitrogens is 1. The van der Waals surface area contributed by atoms with Crippen LogP contribution in [0.4, 0.5) is 10.2 Å². The topological polar surface area (TPSA) is 97.1 Å². The third-order valence-electron chi connectivity index (χ3n) is 6.86. The second-order valence-corrected chi connectivity index (χ2v) is 9.18. The van der Waals surface area contributed by atoms with Crippen LogP contribution in [-0.4, -0.2) is 39.1 Å². The molecule has 7 nitrogen and oxygen atoms in total. The summed E-state index contributed by atoms with van der Waals surface area (Å²) < 4.78 is 19.1. The second-order valence-electron chi connectivity index (χ2n) is 8.77. The van der Waals surface area contributed by atoms with Gasteiger partial charge in [0.15, 0.2) is 0 Å². The molecule has 2 aromatic carbocycles. The summed E-state index contributed by atoms with van der Waals surface area (Å²) in [5.41, 5.74) is 10.8. The minimum Gasteiger partial charge on any atom is -0.383 e. The van der Waals surface area contributed by atoms with Crippen molar-refractivity contribution in [1.82, 2.24) is 20.1 Å². The van der Waals surface area contributed by atoms with Gasteiger partial charge < -0.3 is 15.4 Å². The molecule has 2 aliphatic rings. The Hall–Kier alpha value is -3.49. The molecule has 0 spiro atoms. The van der Waals surface area contributed by atoms with Crippen LogP contribution < -0.4 is 5.73 Å². The van der Waals surface area contributed by atoms with E-state index in [-0.39, 0.29) is 23.6 Å². The zero-order chi connectivity index (χ0) is 23.4. The second kappa shape index (κ2) is 8.07. The largest absolute Gasteiger partial charge is 0.383 e. The lowest BCUT2D eigenvalue weighted by atomic mass is 9.87. The fourth-order valence-corrected chi connectivity index (χ4v) is 5.36. The molecule has 0 saturated carbocycles. The number of pyridine rings is 1. The van der Waals surface area contributed by atoms with E-state index in [2.05, 4.69) is 15.2 Å². The van der Waals surface area contributed by atoms with Gasteiger partial charge in [-0.1, -0.05) is 23.7 Å². The number of hydrogen-bond donors (Lipinski definition) is 2. The predicted molar refractivity (Wildman–Crippen MR) is 126 cm³/mol. The molecule has 9 heteroatoms. The number of nitrogens with two attached hydrogens (primary N) is 1. The van der Waals surface area contributed by atoms with Crippen LogP contribution in [0.2, 0.25) is 5.02 Å². The van der Waals surface area contributed by atoms with Crippen LogP contribution in [0, 0.1) is 5.82 Å². The number of amides is 1. The molecule has 1 fully saturated rings. The van der Waals surface area contributed by atoms with Crippen molar-refractivity contribution in [2.45, 2.75) is 25.0 Å². The number of ether oxygens (including phenoxy) is 1. The van der Waals surface area contributed by atoms with Crippen LogP contribution in [0.5, 0.6) is 0 Å². The number of aromatic amines is 1. The van der Waals surface area contributed by atoms with Gasteiger partial charge in [-0.15, -0.1) is 0 Å². The standard InChI is InChI=1S/C25H21ClFN5O2/c26-21-8-23-15(19-11-34-12-20(19)24(28)30-23)7-16(21)25(33)32-9-17(13-1-3-14(27)4-2-13)18(10-32)22-5-6-29-31-22/h1-8,17-18H,9-12H2,(H2,28,30)(H,29,31)/t17-,18+/m0/s1. The third-order valence-corrected chi connectivity index (χ3v) is 7.17. The summed E-state index contributed by atoms with van der Waals surface area (Å²) in [5, 5.41) is 8.37. The average molecular weight is 478 g/mol. The molecule has 1 amide bonds. The van der Waals surface area contributed by atoms with Gasteiger partial charge in [-0.2, -0.15) is 5.10 Å². The molecule has 172 valence electrons. The first-order valence-electron chi connectivity index (χ1n) is 11.0. The summed E-state index contributed by atoms with van der Waals surface area (Å²) in [4.78, 5) is 20.0. The number of aromatic nitrogens is 3. The fraction of sp³-hybridized carbons (Fsp3) is 0.240. The molecule has 3 N–H and O–H groups in total. The summed E-state index contributed by atoms with van der Waals surface area (Å²) >= 11 is 6.57. The van der Waals surface area contributed by atoms with Crippen LogP contribution in [0.3, 0.4) is 0 Å². The van der Waals surface area contributed by atoms with Crippen molar-refractivity contribution in [3.63, 3.8) is 0 Å². The fourth-order valence-electron chi connectivity index (χ4n) is 5.12. The van der Waals surface area contributed by atoms with Gasteiger partial charge in [0.2, 0.25) is 0 Å².